The van der Waals surface area contributed by atoms with Gasteiger partial charge in [-0.15, -0.1) is 0 Å². The van der Waals surface area contributed by atoms with Crippen molar-refractivity contribution in [2.75, 3.05) is 6.61 Å². The van der Waals surface area contributed by atoms with Crippen LogP contribution in [0.5, 0.6) is 0 Å². The predicted molar refractivity (Wildman–Crippen MR) is 113 cm³/mol. The molecule has 148 valence electrons. The van der Waals surface area contributed by atoms with Gasteiger partial charge >= 0.3 is 5.97 Å². The van der Waals surface area contributed by atoms with Gasteiger partial charge in [0.05, 0.1) is 23.8 Å². The zero-order valence-corrected chi connectivity index (χ0v) is 16.5. The van der Waals surface area contributed by atoms with Crippen LogP contribution in [-0.4, -0.2) is 18.4 Å². The first kappa shape index (κ1) is 18.6. The molecular weight excluding hydrogens is 374 g/mol. The summed E-state index contributed by atoms with van der Waals surface area (Å²) in [6.07, 6.45) is 10.2. The first-order valence-electron chi connectivity index (χ1n) is 10.3. The number of nitriles is 1. The fourth-order valence-corrected chi connectivity index (χ4v) is 5.00. The Morgan fingerprint density at radius 2 is 1.97 bits per heavy atom. The molecule has 0 aromatic heterocycles. The van der Waals surface area contributed by atoms with Crippen molar-refractivity contribution in [3.05, 3.63) is 89.0 Å². The maximum atomic E-state index is 12.5. The first-order chi connectivity index (χ1) is 14.6. The number of allylic oxidation sites excluding steroid dienone is 3. The second-order valence-electron chi connectivity index (χ2n) is 8.50. The molecule has 2 fully saturated rings. The molecule has 0 radical (unpaired) electrons. The van der Waals surface area contributed by atoms with Crippen LogP contribution < -0.4 is 0 Å². The SMILES string of the molecule is N#Cc1ccc(/C=C/C(=O)c2cccc(C(=O)OCC3CC4C=CC45CC35)c2)cc1. The normalized spacial score (nSPS) is 27.6. The van der Waals surface area contributed by atoms with Crippen LogP contribution in [0.2, 0.25) is 0 Å². The van der Waals surface area contributed by atoms with Crippen LogP contribution in [0.4, 0.5) is 0 Å². The Morgan fingerprint density at radius 1 is 1.17 bits per heavy atom. The van der Waals surface area contributed by atoms with Gasteiger partial charge in [-0.05, 0) is 71.9 Å². The third kappa shape index (κ3) is 3.17. The maximum Gasteiger partial charge on any atom is 0.338 e. The van der Waals surface area contributed by atoms with E-state index in [1.165, 1.54) is 12.5 Å². The quantitative estimate of drug-likeness (QED) is 0.304. The van der Waals surface area contributed by atoms with Gasteiger partial charge in [-0.25, -0.2) is 4.79 Å². The summed E-state index contributed by atoms with van der Waals surface area (Å²) < 4.78 is 5.59. The Kier molecular flexibility index (Phi) is 4.40. The van der Waals surface area contributed by atoms with Gasteiger partial charge < -0.3 is 4.74 Å². The second kappa shape index (κ2) is 7.11. The molecule has 0 N–H and O–H groups in total. The minimum Gasteiger partial charge on any atom is -0.462 e. The minimum atomic E-state index is -0.373. The van der Waals surface area contributed by atoms with Gasteiger partial charge in [0.2, 0.25) is 0 Å². The zero-order valence-electron chi connectivity index (χ0n) is 16.5. The van der Waals surface area contributed by atoms with Gasteiger partial charge in [-0.1, -0.05) is 42.5 Å². The smallest absolute Gasteiger partial charge is 0.338 e. The van der Waals surface area contributed by atoms with Gasteiger partial charge in [0.25, 0.3) is 0 Å². The fourth-order valence-electron chi connectivity index (χ4n) is 5.00. The number of hydrogen-bond acceptors (Lipinski definition) is 4. The van der Waals surface area contributed by atoms with Crippen LogP contribution in [0.25, 0.3) is 6.08 Å². The zero-order chi connectivity index (χ0) is 20.7. The lowest BCUT2D eigenvalue weighted by Crippen LogP contribution is -2.17. The van der Waals surface area contributed by atoms with Crippen molar-refractivity contribution in [3.8, 4) is 6.07 Å². The molecule has 0 aliphatic heterocycles. The number of ketones is 1. The number of carbonyl (C=O) groups excluding carboxylic acids is 2. The topological polar surface area (TPSA) is 67.2 Å². The minimum absolute atomic E-state index is 0.188. The van der Waals surface area contributed by atoms with Crippen molar-refractivity contribution >= 4 is 17.8 Å². The summed E-state index contributed by atoms with van der Waals surface area (Å²) in [7, 11) is 0. The molecule has 4 atom stereocenters. The van der Waals surface area contributed by atoms with E-state index in [-0.39, 0.29) is 11.8 Å². The summed E-state index contributed by atoms with van der Waals surface area (Å²) >= 11 is 0. The fraction of sp³-hybridized carbons (Fsp3) is 0.269. The molecule has 2 aromatic carbocycles. The standard InChI is InChI=1S/C26H21NO3/c27-15-18-6-4-17(5-7-18)8-9-24(28)19-2-1-3-20(12-19)25(29)30-16-21-13-22-10-11-26(22)14-23(21)26/h1-12,21-23H,13-14,16H2/b9-8+. The molecule has 1 spiro atoms. The van der Waals surface area contributed by atoms with Crippen LogP contribution in [-0.2, 0) is 4.74 Å². The highest BCUT2D eigenvalue weighted by Gasteiger charge is 2.67. The summed E-state index contributed by atoms with van der Waals surface area (Å²) in [5.74, 6) is 1.26. The number of benzene rings is 2. The first-order valence-corrected chi connectivity index (χ1v) is 10.3. The van der Waals surface area contributed by atoms with Crippen LogP contribution in [0.3, 0.4) is 0 Å². The van der Waals surface area contributed by atoms with E-state index in [0.29, 0.717) is 46.5 Å². The van der Waals surface area contributed by atoms with Crippen molar-refractivity contribution in [1.29, 1.82) is 5.26 Å². The molecule has 0 saturated heterocycles. The predicted octanol–water partition coefficient (Wildman–Crippen LogP) is 4.82. The lowest BCUT2D eigenvalue weighted by molar-refractivity contribution is 0.0425. The summed E-state index contributed by atoms with van der Waals surface area (Å²) in [6, 6.07) is 15.7. The third-order valence-electron chi connectivity index (χ3n) is 6.84. The molecule has 4 unspecified atom stereocenters. The van der Waals surface area contributed by atoms with E-state index in [0.717, 1.165) is 12.0 Å². The van der Waals surface area contributed by atoms with E-state index in [1.807, 2.05) is 0 Å². The molecule has 2 aromatic rings. The van der Waals surface area contributed by atoms with E-state index < -0.39 is 0 Å². The number of carbonyl (C=O) groups is 2. The van der Waals surface area contributed by atoms with Crippen molar-refractivity contribution in [1.82, 2.24) is 0 Å². The van der Waals surface area contributed by atoms with Gasteiger partial charge in [-0.2, -0.15) is 5.26 Å². The third-order valence-corrected chi connectivity index (χ3v) is 6.84. The number of rotatable bonds is 6. The molecular formula is C26H21NO3. The van der Waals surface area contributed by atoms with Crippen LogP contribution >= 0.6 is 0 Å². The van der Waals surface area contributed by atoms with Gasteiger partial charge in [0, 0.05) is 5.56 Å². The van der Waals surface area contributed by atoms with E-state index >= 15 is 0 Å². The van der Waals surface area contributed by atoms with Crippen LogP contribution in [0.1, 0.15) is 44.7 Å². The molecule has 3 aliphatic carbocycles. The number of esters is 1. The Balaban J connectivity index is 1.20. The summed E-state index contributed by atoms with van der Waals surface area (Å²) in [4.78, 5) is 25.0. The lowest BCUT2D eigenvalue weighted by Gasteiger charge is -2.25. The Morgan fingerprint density at radius 3 is 2.60 bits per heavy atom. The molecule has 30 heavy (non-hydrogen) atoms. The Hall–Kier alpha value is -3.45. The summed E-state index contributed by atoms with van der Waals surface area (Å²) in [6.45, 7) is 0.459. The van der Waals surface area contributed by atoms with Crippen molar-refractivity contribution in [3.63, 3.8) is 0 Å². The van der Waals surface area contributed by atoms with Gasteiger partial charge in [0.15, 0.2) is 5.78 Å². The van der Waals surface area contributed by atoms with Crippen LogP contribution in [0, 0.1) is 34.5 Å². The largest absolute Gasteiger partial charge is 0.462 e. The Bertz CT molecular complexity index is 1120. The molecule has 4 heteroatoms. The van der Waals surface area contributed by atoms with E-state index in [2.05, 4.69) is 18.2 Å². The van der Waals surface area contributed by atoms with E-state index in [1.54, 1.807) is 54.6 Å². The maximum absolute atomic E-state index is 12.5. The van der Waals surface area contributed by atoms with Gasteiger partial charge in [-0.3, -0.25) is 4.79 Å². The molecule has 0 amide bonds. The highest BCUT2D eigenvalue weighted by molar-refractivity contribution is 6.08. The molecule has 3 aliphatic rings. The van der Waals surface area contributed by atoms with Crippen LogP contribution in [0.15, 0.2) is 66.8 Å². The Labute approximate surface area is 175 Å². The van der Waals surface area contributed by atoms with E-state index in [4.69, 9.17) is 10.00 Å². The molecule has 5 rings (SSSR count). The number of hydrogen-bond donors (Lipinski definition) is 0. The van der Waals surface area contributed by atoms with Crippen molar-refractivity contribution in [2.45, 2.75) is 12.8 Å². The van der Waals surface area contributed by atoms with E-state index in [9.17, 15) is 9.59 Å². The lowest BCUT2D eigenvalue weighted by atomic mass is 9.80. The highest BCUT2D eigenvalue weighted by atomic mass is 16.5. The molecule has 0 heterocycles. The van der Waals surface area contributed by atoms with Crippen molar-refractivity contribution < 1.29 is 14.3 Å². The average Bonchev–Trinajstić information content (AvgIpc) is 3.51. The number of ether oxygens (including phenoxy) is 1. The average molecular weight is 395 g/mol. The molecule has 4 nitrogen and oxygen atoms in total. The van der Waals surface area contributed by atoms with Gasteiger partial charge in [0.1, 0.15) is 0 Å². The monoisotopic (exact) mass is 395 g/mol. The highest BCUT2D eigenvalue weighted by Crippen LogP contribution is 2.74. The summed E-state index contributed by atoms with van der Waals surface area (Å²) in [5.41, 5.74) is 2.69. The van der Waals surface area contributed by atoms with Crippen molar-refractivity contribution in [2.24, 2.45) is 23.2 Å². The molecule has 2 saturated carbocycles. The number of nitrogens with zero attached hydrogens (tertiary/aromatic N) is 1. The second-order valence-corrected chi connectivity index (χ2v) is 8.50. The molecule has 0 bridgehead atoms. The summed E-state index contributed by atoms with van der Waals surface area (Å²) in [5, 5.41) is 8.84.